The molecule has 0 saturated heterocycles. The lowest BCUT2D eigenvalue weighted by Gasteiger charge is -2.24. The molecular formula is C18H24N2O3S. The normalized spacial score (nSPS) is 24.5. The second-order valence-corrected chi connectivity index (χ2v) is 7.04. The van der Waals surface area contributed by atoms with Gasteiger partial charge in [-0.15, -0.1) is 0 Å². The number of fused-ring (bicyclic) bond motifs is 2. The average molecular weight is 348 g/mol. The lowest BCUT2D eigenvalue weighted by molar-refractivity contribution is 0.0597. The molecule has 1 aromatic carbocycles. The number of hydrogen-bond acceptors (Lipinski definition) is 4. The molecule has 2 bridgehead atoms. The molecule has 0 radical (unpaired) electrons. The summed E-state index contributed by atoms with van der Waals surface area (Å²) in [5.74, 6) is 1.77. The van der Waals surface area contributed by atoms with Gasteiger partial charge < -0.3 is 20.1 Å². The topological polar surface area (TPSA) is 59.6 Å². The van der Waals surface area contributed by atoms with Crippen molar-refractivity contribution in [1.29, 1.82) is 0 Å². The van der Waals surface area contributed by atoms with Crippen LogP contribution < -0.4 is 15.4 Å². The molecule has 0 aliphatic heterocycles. The Balaban J connectivity index is 1.56. The maximum atomic E-state index is 11.8. The largest absolute Gasteiger partial charge is 0.496 e. The Bertz CT molecular complexity index is 635. The van der Waals surface area contributed by atoms with Crippen LogP contribution in [0.3, 0.4) is 0 Å². The lowest BCUT2D eigenvalue weighted by atomic mass is 9.96. The first kappa shape index (κ1) is 17.0. The van der Waals surface area contributed by atoms with Gasteiger partial charge in [0.1, 0.15) is 11.3 Å². The highest BCUT2D eigenvalue weighted by atomic mass is 32.1. The van der Waals surface area contributed by atoms with Crippen molar-refractivity contribution < 1.29 is 14.3 Å². The summed E-state index contributed by atoms with van der Waals surface area (Å²) >= 11 is 5.42. The Kier molecular flexibility index (Phi) is 5.23. The molecule has 130 valence electrons. The van der Waals surface area contributed by atoms with Crippen LogP contribution in [0.15, 0.2) is 18.2 Å². The van der Waals surface area contributed by atoms with Gasteiger partial charge >= 0.3 is 5.97 Å². The van der Waals surface area contributed by atoms with E-state index in [1.807, 2.05) is 6.07 Å². The first-order valence-electron chi connectivity index (χ1n) is 8.40. The molecule has 1 aromatic rings. The number of methoxy groups -OCH3 is 2. The molecule has 5 nitrogen and oxygen atoms in total. The van der Waals surface area contributed by atoms with E-state index < -0.39 is 5.97 Å². The van der Waals surface area contributed by atoms with Gasteiger partial charge in [-0.2, -0.15) is 0 Å². The van der Waals surface area contributed by atoms with Gasteiger partial charge in [0.05, 0.1) is 14.2 Å². The highest BCUT2D eigenvalue weighted by Crippen LogP contribution is 2.44. The fourth-order valence-corrected chi connectivity index (χ4v) is 4.18. The van der Waals surface area contributed by atoms with Crippen LogP contribution in [0.4, 0.5) is 0 Å². The van der Waals surface area contributed by atoms with Gasteiger partial charge in [-0.3, -0.25) is 0 Å². The molecule has 3 atom stereocenters. The fraction of sp³-hybridized carbons (Fsp3) is 0.556. The van der Waals surface area contributed by atoms with Crippen molar-refractivity contribution in [1.82, 2.24) is 10.6 Å². The van der Waals surface area contributed by atoms with E-state index in [0.717, 1.165) is 17.4 Å². The molecule has 2 saturated carbocycles. The van der Waals surface area contributed by atoms with E-state index in [2.05, 4.69) is 10.6 Å². The molecule has 24 heavy (non-hydrogen) atoms. The summed E-state index contributed by atoms with van der Waals surface area (Å²) in [5, 5.41) is 7.37. The fourth-order valence-electron chi connectivity index (χ4n) is 3.96. The zero-order valence-electron chi connectivity index (χ0n) is 14.1. The van der Waals surface area contributed by atoms with Gasteiger partial charge in [-0.1, -0.05) is 12.5 Å². The number of carbonyl (C=O) groups excluding carboxylic acids is 1. The number of benzene rings is 1. The van der Waals surface area contributed by atoms with Crippen LogP contribution in [0.5, 0.6) is 5.75 Å². The average Bonchev–Trinajstić information content (AvgIpc) is 3.22. The summed E-state index contributed by atoms with van der Waals surface area (Å²) in [6.07, 6.45) is 5.29. The monoisotopic (exact) mass is 348 g/mol. The highest BCUT2D eigenvalue weighted by molar-refractivity contribution is 7.80. The molecule has 6 heteroatoms. The van der Waals surface area contributed by atoms with E-state index in [1.54, 1.807) is 12.1 Å². The van der Waals surface area contributed by atoms with Crippen LogP contribution in [-0.4, -0.2) is 31.3 Å². The summed E-state index contributed by atoms with van der Waals surface area (Å²) in [6.45, 7) is 0.556. The van der Waals surface area contributed by atoms with Crippen molar-refractivity contribution in [2.24, 2.45) is 11.8 Å². The van der Waals surface area contributed by atoms with Crippen LogP contribution >= 0.6 is 12.2 Å². The molecule has 0 spiro atoms. The number of thiocarbonyl (C=S) groups is 1. The molecule has 2 N–H and O–H groups in total. The van der Waals surface area contributed by atoms with Crippen LogP contribution in [0.2, 0.25) is 0 Å². The van der Waals surface area contributed by atoms with Gasteiger partial charge in [0.15, 0.2) is 5.11 Å². The van der Waals surface area contributed by atoms with Crippen molar-refractivity contribution in [2.45, 2.75) is 38.3 Å². The van der Waals surface area contributed by atoms with E-state index in [9.17, 15) is 4.79 Å². The number of ether oxygens (including phenoxy) is 2. The SMILES string of the molecule is COC(=O)c1cc(CNC(=S)N[C@@H]2C[C@H]3CC[C@@H]2C3)ccc1OC. The third-order valence-electron chi connectivity index (χ3n) is 5.18. The van der Waals surface area contributed by atoms with Crippen molar-refractivity contribution in [3.63, 3.8) is 0 Å². The Hall–Kier alpha value is -1.82. The molecule has 0 aromatic heterocycles. The molecule has 0 heterocycles. The van der Waals surface area contributed by atoms with E-state index in [0.29, 0.717) is 29.0 Å². The summed E-state index contributed by atoms with van der Waals surface area (Å²) < 4.78 is 10.0. The minimum atomic E-state index is -0.406. The zero-order chi connectivity index (χ0) is 17.1. The first-order valence-corrected chi connectivity index (χ1v) is 8.81. The lowest BCUT2D eigenvalue weighted by Crippen LogP contribution is -2.43. The summed E-state index contributed by atoms with van der Waals surface area (Å²) in [5.41, 5.74) is 1.37. The van der Waals surface area contributed by atoms with Crippen molar-refractivity contribution in [3.8, 4) is 5.75 Å². The van der Waals surface area contributed by atoms with Crippen molar-refractivity contribution in [2.75, 3.05) is 14.2 Å². The third kappa shape index (κ3) is 3.64. The second kappa shape index (κ2) is 7.38. The predicted molar refractivity (Wildman–Crippen MR) is 96.1 cm³/mol. The quantitative estimate of drug-likeness (QED) is 0.630. The molecule has 2 aliphatic carbocycles. The van der Waals surface area contributed by atoms with Gasteiger partial charge in [0.25, 0.3) is 0 Å². The zero-order valence-corrected chi connectivity index (χ0v) is 14.9. The Labute approximate surface area is 148 Å². The van der Waals surface area contributed by atoms with Gasteiger partial charge in [0, 0.05) is 12.6 Å². The van der Waals surface area contributed by atoms with Crippen molar-refractivity contribution >= 4 is 23.3 Å². The maximum absolute atomic E-state index is 11.8. The van der Waals surface area contributed by atoms with E-state index >= 15 is 0 Å². The predicted octanol–water partition coefficient (Wildman–Crippen LogP) is 2.63. The molecule has 3 rings (SSSR count). The number of nitrogens with one attached hydrogen (secondary N) is 2. The number of hydrogen-bond donors (Lipinski definition) is 2. The minimum absolute atomic E-state index is 0.406. The van der Waals surface area contributed by atoms with Crippen LogP contribution in [-0.2, 0) is 11.3 Å². The highest BCUT2D eigenvalue weighted by Gasteiger charge is 2.39. The molecule has 2 aliphatic rings. The first-order chi connectivity index (χ1) is 11.6. The number of esters is 1. The van der Waals surface area contributed by atoms with E-state index in [4.69, 9.17) is 21.7 Å². The molecule has 0 unspecified atom stereocenters. The van der Waals surface area contributed by atoms with Crippen LogP contribution in [0.1, 0.15) is 41.6 Å². The van der Waals surface area contributed by atoms with Crippen LogP contribution in [0, 0.1) is 11.8 Å². The minimum Gasteiger partial charge on any atom is -0.496 e. The Morgan fingerprint density at radius 2 is 2.12 bits per heavy atom. The summed E-state index contributed by atoms with van der Waals surface area (Å²) in [7, 11) is 2.90. The van der Waals surface area contributed by atoms with E-state index in [-0.39, 0.29) is 0 Å². The van der Waals surface area contributed by atoms with Gasteiger partial charge in [0.2, 0.25) is 0 Å². The summed E-state index contributed by atoms with van der Waals surface area (Å²) in [4.78, 5) is 11.8. The van der Waals surface area contributed by atoms with Gasteiger partial charge in [-0.25, -0.2) is 4.79 Å². The Morgan fingerprint density at radius 1 is 1.29 bits per heavy atom. The Morgan fingerprint density at radius 3 is 2.75 bits per heavy atom. The maximum Gasteiger partial charge on any atom is 0.341 e. The van der Waals surface area contributed by atoms with Gasteiger partial charge in [-0.05, 0) is 61.0 Å². The molecule has 2 fully saturated rings. The number of rotatable bonds is 5. The molecular weight excluding hydrogens is 324 g/mol. The van der Waals surface area contributed by atoms with Crippen molar-refractivity contribution in [3.05, 3.63) is 29.3 Å². The smallest absolute Gasteiger partial charge is 0.341 e. The third-order valence-corrected chi connectivity index (χ3v) is 5.44. The van der Waals surface area contributed by atoms with Crippen LogP contribution in [0.25, 0.3) is 0 Å². The standard InChI is InChI=1S/C18H24N2O3S/c1-22-16-6-4-12(8-14(16)17(21)23-2)10-19-18(24)20-15-9-11-3-5-13(15)7-11/h4,6,8,11,13,15H,3,5,7,9-10H2,1-2H3,(H2,19,20,24)/t11-,13+,15+/m0/s1. The number of carbonyl (C=O) groups is 1. The summed E-state index contributed by atoms with van der Waals surface area (Å²) in [6, 6.07) is 5.98. The van der Waals surface area contributed by atoms with E-state index in [1.165, 1.54) is 39.9 Å². The molecule has 0 amide bonds. The second-order valence-electron chi connectivity index (χ2n) is 6.63.